The minimum Gasteiger partial charge on any atom is -0.368 e. The van der Waals surface area contributed by atoms with Gasteiger partial charge in [-0.3, -0.25) is 10.1 Å². The molecule has 3 nitrogen and oxygen atoms in total. The zero-order valence-electron chi connectivity index (χ0n) is 11.8. The van der Waals surface area contributed by atoms with Gasteiger partial charge >= 0.3 is 0 Å². The van der Waals surface area contributed by atoms with E-state index in [1.807, 2.05) is 6.92 Å². The van der Waals surface area contributed by atoms with Gasteiger partial charge in [-0.05, 0) is 42.3 Å². The summed E-state index contributed by atoms with van der Waals surface area (Å²) < 4.78 is 13.0. The number of carbonyl (C=O) groups is 1. The van der Waals surface area contributed by atoms with Gasteiger partial charge in [-0.25, -0.2) is 4.39 Å². The molecule has 1 amide bonds. The Hall–Kier alpha value is -1.62. The molecule has 6 heteroatoms. The van der Waals surface area contributed by atoms with Crippen LogP contribution in [-0.4, -0.2) is 5.91 Å². The predicted octanol–water partition coefficient (Wildman–Crippen LogP) is 4.01. The van der Waals surface area contributed by atoms with Crippen LogP contribution in [0.4, 0.5) is 4.39 Å². The number of hydrogen-bond donors (Lipinski definition) is 2. The lowest BCUT2D eigenvalue weighted by molar-refractivity contribution is -0.120. The number of nitrogens with two attached hydrogens (primary N) is 1. The molecule has 0 aliphatic heterocycles. The quantitative estimate of drug-likeness (QED) is 0.863. The van der Waals surface area contributed by atoms with Gasteiger partial charge in [0.05, 0.1) is 0 Å². The summed E-state index contributed by atoms with van der Waals surface area (Å²) >= 11 is 12.0. The smallest absolute Gasteiger partial charge is 0.239 e. The molecule has 22 heavy (non-hydrogen) atoms. The number of benzene rings is 2. The summed E-state index contributed by atoms with van der Waals surface area (Å²) in [5.41, 5.74) is 6.83. The van der Waals surface area contributed by atoms with Gasteiger partial charge in [0.25, 0.3) is 0 Å². The molecule has 2 atom stereocenters. The second kappa shape index (κ2) is 7.09. The van der Waals surface area contributed by atoms with Crippen LogP contribution in [0, 0.1) is 5.82 Å². The van der Waals surface area contributed by atoms with Crippen molar-refractivity contribution in [3.05, 3.63) is 69.5 Å². The minimum absolute atomic E-state index is 0.243. The van der Waals surface area contributed by atoms with Crippen molar-refractivity contribution in [2.75, 3.05) is 0 Å². The Kier molecular flexibility index (Phi) is 5.40. The SMILES string of the molecule is CC(NC(C(N)=O)c1ccc(F)cc1)c1ccc(Cl)cc1Cl. The summed E-state index contributed by atoms with van der Waals surface area (Å²) in [6, 6.07) is 9.76. The van der Waals surface area contributed by atoms with Crippen LogP contribution in [0.2, 0.25) is 10.0 Å². The molecule has 0 bridgehead atoms. The van der Waals surface area contributed by atoms with Gasteiger partial charge < -0.3 is 5.73 Å². The van der Waals surface area contributed by atoms with Gasteiger partial charge in [-0.2, -0.15) is 0 Å². The van der Waals surface area contributed by atoms with Crippen molar-refractivity contribution in [2.45, 2.75) is 19.0 Å². The van der Waals surface area contributed by atoms with Crippen LogP contribution in [0.25, 0.3) is 0 Å². The highest BCUT2D eigenvalue weighted by atomic mass is 35.5. The van der Waals surface area contributed by atoms with E-state index in [0.29, 0.717) is 15.6 Å². The molecule has 3 N–H and O–H groups in total. The molecule has 0 spiro atoms. The zero-order valence-corrected chi connectivity index (χ0v) is 13.3. The van der Waals surface area contributed by atoms with Crippen molar-refractivity contribution < 1.29 is 9.18 Å². The van der Waals surface area contributed by atoms with Gasteiger partial charge in [0.2, 0.25) is 5.91 Å². The van der Waals surface area contributed by atoms with Gasteiger partial charge in [0, 0.05) is 16.1 Å². The van der Waals surface area contributed by atoms with E-state index < -0.39 is 11.9 Å². The van der Waals surface area contributed by atoms with E-state index in [-0.39, 0.29) is 11.9 Å². The molecular weight excluding hydrogens is 326 g/mol. The number of rotatable bonds is 5. The first-order valence-corrected chi connectivity index (χ1v) is 7.40. The summed E-state index contributed by atoms with van der Waals surface area (Å²) in [4.78, 5) is 11.7. The molecule has 2 aromatic carbocycles. The number of amides is 1. The van der Waals surface area contributed by atoms with E-state index in [1.54, 1.807) is 18.2 Å². The summed E-state index contributed by atoms with van der Waals surface area (Å²) in [6.07, 6.45) is 0. The van der Waals surface area contributed by atoms with Crippen molar-refractivity contribution >= 4 is 29.1 Å². The Morgan fingerprint density at radius 2 is 1.82 bits per heavy atom. The fourth-order valence-electron chi connectivity index (χ4n) is 2.19. The molecule has 0 saturated carbocycles. The van der Waals surface area contributed by atoms with Gasteiger partial charge in [-0.1, -0.05) is 41.4 Å². The van der Waals surface area contributed by atoms with E-state index in [1.165, 1.54) is 24.3 Å². The first kappa shape index (κ1) is 16.7. The average Bonchev–Trinajstić information content (AvgIpc) is 2.45. The molecule has 0 fully saturated rings. The Bertz CT molecular complexity index is 676. The van der Waals surface area contributed by atoms with Crippen LogP contribution in [-0.2, 0) is 4.79 Å². The molecule has 0 saturated heterocycles. The molecule has 0 aliphatic carbocycles. The highest BCUT2D eigenvalue weighted by molar-refractivity contribution is 6.35. The Labute approximate surface area is 138 Å². The van der Waals surface area contributed by atoms with Crippen molar-refractivity contribution in [1.29, 1.82) is 0 Å². The molecule has 116 valence electrons. The normalized spacial score (nSPS) is 13.6. The molecule has 2 aromatic rings. The maximum Gasteiger partial charge on any atom is 0.239 e. The molecule has 0 aromatic heterocycles. The van der Waals surface area contributed by atoms with Gasteiger partial charge in [0.15, 0.2) is 0 Å². The van der Waals surface area contributed by atoms with E-state index in [0.717, 1.165) is 5.56 Å². The average molecular weight is 341 g/mol. The van der Waals surface area contributed by atoms with Crippen LogP contribution in [0.15, 0.2) is 42.5 Å². The summed E-state index contributed by atoms with van der Waals surface area (Å²) in [5, 5.41) is 4.13. The fourth-order valence-corrected chi connectivity index (χ4v) is 2.76. The van der Waals surface area contributed by atoms with Crippen LogP contribution >= 0.6 is 23.2 Å². The van der Waals surface area contributed by atoms with E-state index in [9.17, 15) is 9.18 Å². The fraction of sp³-hybridized carbons (Fsp3) is 0.188. The molecule has 0 heterocycles. The lowest BCUT2D eigenvalue weighted by Crippen LogP contribution is -2.35. The van der Waals surface area contributed by atoms with Crippen LogP contribution < -0.4 is 11.1 Å². The topological polar surface area (TPSA) is 55.1 Å². The lowest BCUT2D eigenvalue weighted by atomic mass is 10.0. The second-order valence-electron chi connectivity index (χ2n) is 4.94. The minimum atomic E-state index is -0.748. The number of primary amides is 1. The number of halogens is 3. The van der Waals surface area contributed by atoms with Crippen molar-refractivity contribution in [1.82, 2.24) is 5.32 Å². The van der Waals surface area contributed by atoms with Crippen molar-refractivity contribution in [2.24, 2.45) is 5.73 Å². The summed E-state index contributed by atoms with van der Waals surface area (Å²) in [6.45, 7) is 1.86. The predicted molar refractivity (Wildman–Crippen MR) is 86.3 cm³/mol. The first-order valence-electron chi connectivity index (χ1n) is 6.64. The monoisotopic (exact) mass is 340 g/mol. The maximum atomic E-state index is 13.0. The maximum absolute atomic E-state index is 13.0. The van der Waals surface area contributed by atoms with Gasteiger partial charge in [0.1, 0.15) is 11.9 Å². The number of nitrogens with one attached hydrogen (secondary N) is 1. The first-order chi connectivity index (χ1) is 10.4. The van der Waals surface area contributed by atoms with E-state index in [4.69, 9.17) is 28.9 Å². The van der Waals surface area contributed by atoms with Crippen LogP contribution in [0.1, 0.15) is 30.1 Å². The Morgan fingerprint density at radius 3 is 2.36 bits per heavy atom. The van der Waals surface area contributed by atoms with Crippen LogP contribution in [0.5, 0.6) is 0 Å². The van der Waals surface area contributed by atoms with E-state index >= 15 is 0 Å². The van der Waals surface area contributed by atoms with Crippen molar-refractivity contribution in [3.8, 4) is 0 Å². The zero-order chi connectivity index (χ0) is 16.3. The Morgan fingerprint density at radius 1 is 1.18 bits per heavy atom. The largest absolute Gasteiger partial charge is 0.368 e. The van der Waals surface area contributed by atoms with Crippen molar-refractivity contribution in [3.63, 3.8) is 0 Å². The number of carbonyl (C=O) groups excluding carboxylic acids is 1. The van der Waals surface area contributed by atoms with E-state index in [2.05, 4.69) is 5.32 Å². The third-order valence-electron chi connectivity index (χ3n) is 3.33. The molecule has 2 unspecified atom stereocenters. The Balaban J connectivity index is 2.24. The molecular formula is C16H15Cl2FN2O. The standard InChI is InChI=1S/C16H15Cl2FN2O/c1-9(13-7-4-11(17)8-14(13)18)21-15(16(20)22)10-2-5-12(19)6-3-10/h2-9,15,21H,1H3,(H2,20,22). The summed E-state index contributed by atoms with van der Waals surface area (Å²) in [5.74, 6) is -0.927. The highest BCUT2D eigenvalue weighted by Crippen LogP contribution is 2.28. The third-order valence-corrected chi connectivity index (χ3v) is 3.90. The lowest BCUT2D eigenvalue weighted by Gasteiger charge is -2.22. The second-order valence-corrected chi connectivity index (χ2v) is 5.78. The van der Waals surface area contributed by atoms with Crippen LogP contribution in [0.3, 0.4) is 0 Å². The molecule has 0 aliphatic rings. The summed E-state index contributed by atoms with van der Waals surface area (Å²) in [7, 11) is 0. The molecule has 2 rings (SSSR count). The molecule has 0 radical (unpaired) electrons. The number of hydrogen-bond acceptors (Lipinski definition) is 2. The highest BCUT2D eigenvalue weighted by Gasteiger charge is 2.21. The van der Waals surface area contributed by atoms with Gasteiger partial charge in [-0.15, -0.1) is 0 Å². The third kappa shape index (κ3) is 3.97.